The number of thiazole rings is 1. The molecule has 1 N–H and O–H groups in total. The maximum absolute atomic E-state index is 11.6. The average Bonchev–Trinajstić information content (AvgIpc) is 2.96. The second-order valence-corrected chi connectivity index (χ2v) is 4.37. The van der Waals surface area contributed by atoms with Crippen LogP contribution in [0.5, 0.6) is 5.75 Å². The zero-order chi connectivity index (χ0) is 13.5. The van der Waals surface area contributed by atoms with Gasteiger partial charge in [0.25, 0.3) is 0 Å². The molecule has 100 valence electrons. The molecule has 1 aromatic heterocycles. The molecule has 2 aromatic rings. The van der Waals surface area contributed by atoms with Crippen LogP contribution < -0.4 is 4.74 Å². The van der Waals surface area contributed by atoms with Crippen molar-refractivity contribution in [2.45, 2.75) is 6.61 Å². The molecule has 0 saturated heterocycles. The molecule has 19 heavy (non-hydrogen) atoms. The molecule has 0 atom stereocenters. The minimum Gasteiger partial charge on any atom is -0.487 e. The number of esters is 1. The van der Waals surface area contributed by atoms with Crippen LogP contribution in [0.4, 0.5) is 0 Å². The Bertz CT molecular complexity index is 527. The van der Waals surface area contributed by atoms with Gasteiger partial charge in [0.2, 0.25) is 0 Å². The Morgan fingerprint density at radius 2 is 2.32 bits per heavy atom. The lowest BCUT2D eigenvalue weighted by Crippen LogP contribution is -2.08. The molecule has 1 aromatic carbocycles. The van der Waals surface area contributed by atoms with Crippen LogP contribution >= 0.6 is 11.3 Å². The highest BCUT2D eigenvalue weighted by molar-refractivity contribution is 7.07. The van der Waals surface area contributed by atoms with Gasteiger partial charge in [0.05, 0.1) is 23.4 Å². The standard InChI is InChI=1S/C13H13NO4S/c15-4-5-17-13(16)10-2-1-3-12(6-10)18-7-11-8-19-9-14-11/h1-3,6,8-9,15H,4-5,7H2. The van der Waals surface area contributed by atoms with Gasteiger partial charge in [0.15, 0.2) is 0 Å². The lowest BCUT2D eigenvalue weighted by atomic mass is 10.2. The van der Waals surface area contributed by atoms with E-state index in [1.165, 1.54) is 11.3 Å². The fraction of sp³-hybridized carbons (Fsp3) is 0.231. The predicted octanol–water partition coefficient (Wildman–Crippen LogP) is 1.87. The summed E-state index contributed by atoms with van der Waals surface area (Å²) in [5, 5.41) is 10.5. The SMILES string of the molecule is O=C(OCCO)c1cccc(OCc2cscn2)c1. The number of ether oxygens (including phenoxy) is 2. The number of aliphatic hydroxyl groups excluding tert-OH is 1. The van der Waals surface area contributed by atoms with Gasteiger partial charge in [-0.15, -0.1) is 11.3 Å². The zero-order valence-electron chi connectivity index (χ0n) is 10.1. The lowest BCUT2D eigenvalue weighted by molar-refractivity contribution is 0.0433. The molecule has 5 nitrogen and oxygen atoms in total. The Balaban J connectivity index is 1.96. The molecule has 0 saturated carbocycles. The van der Waals surface area contributed by atoms with Crippen LogP contribution in [-0.2, 0) is 11.3 Å². The van der Waals surface area contributed by atoms with Gasteiger partial charge in [-0.3, -0.25) is 0 Å². The number of aromatic nitrogens is 1. The van der Waals surface area contributed by atoms with Crippen LogP contribution in [0, 0.1) is 0 Å². The van der Waals surface area contributed by atoms with Crippen molar-refractivity contribution >= 4 is 17.3 Å². The summed E-state index contributed by atoms with van der Waals surface area (Å²) in [6, 6.07) is 6.71. The van der Waals surface area contributed by atoms with E-state index in [0.717, 1.165) is 5.69 Å². The van der Waals surface area contributed by atoms with Crippen molar-refractivity contribution in [1.82, 2.24) is 4.98 Å². The first kappa shape index (κ1) is 13.5. The van der Waals surface area contributed by atoms with Crippen LogP contribution in [0.25, 0.3) is 0 Å². The molecule has 0 unspecified atom stereocenters. The monoisotopic (exact) mass is 279 g/mol. The summed E-state index contributed by atoms with van der Waals surface area (Å²) < 4.78 is 10.4. The smallest absolute Gasteiger partial charge is 0.338 e. The summed E-state index contributed by atoms with van der Waals surface area (Å²) in [5.41, 5.74) is 2.98. The van der Waals surface area contributed by atoms with Gasteiger partial charge < -0.3 is 14.6 Å². The van der Waals surface area contributed by atoms with Crippen molar-refractivity contribution in [1.29, 1.82) is 0 Å². The van der Waals surface area contributed by atoms with E-state index in [1.807, 2.05) is 5.38 Å². The van der Waals surface area contributed by atoms with Gasteiger partial charge in [0, 0.05) is 5.38 Å². The first-order valence-corrected chi connectivity index (χ1v) is 6.62. The Kier molecular flexibility index (Phi) is 4.88. The molecule has 6 heteroatoms. The summed E-state index contributed by atoms with van der Waals surface area (Å²) >= 11 is 1.50. The highest BCUT2D eigenvalue weighted by atomic mass is 32.1. The maximum atomic E-state index is 11.6. The number of nitrogens with zero attached hydrogens (tertiary/aromatic N) is 1. The predicted molar refractivity (Wildman–Crippen MR) is 70.3 cm³/mol. The minimum absolute atomic E-state index is 0.0112. The molecule has 0 radical (unpaired) electrons. The molecule has 0 aliphatic heterocycles. The van der Waals surface area contributed by atoms with Crippen LogP contribution in [0.2, 0.25) is 0 Å². The van der Waals surface area contributed by atoms with Crippen LogP contribution in [-0.4, -0.2) is 29.3 Å². The number of benzene rings is 1. The van der Waals surface area contributed by atoms with Gasteiger partial charge >= 0.3 is 5.97 Å². The zero-order valence-corrected chi connectivity index (χ0v) is 10.9. The molecule has 0 aliphatic rings. The van der Waals surface area contributed by atoms with Crippen molar-refractivity contribution in [3.63, 3.8) is 0 Å². The van der Waals surface area contributed by atoms with Crippen molar-refractivity contribution < 1.29 is 19.4 Å². The normalized spacial score (nSPS) is 10.2. The van der Waals surface area contributed by atoms with E-state index >= 15 is 0 Å². The first-order chi connectivity index (χ1) is 9.29. The van der Waals surface area contributed by atoms with Crippen molar-refractivity contribution in [2.75, 3.05) is 13.2 Å². The third kappa shape index (κ3) is 4.04. The Labute approximate surface area is 114 Å². The Hall–Kier alpha value is -1.92. The average molecular weight is 279 g/mol. The lowest BCUT2D eigenvalue weighted by Gasteiger charge is -2.06. The minimum atomic E-state index is -0.479. The summed E-state index contributed by atoms with van der Waals surface area (Å²) in [4.78, 5) is 15.7. The molecule has 0 fully saturated rings. The molecule has 0 aliphatic carbocycles. The van der Waals surface area contributed by atoms with Crippen LogP contribution in [0.3, 0.4) is 0 Å². The van der Waals surface area contributed by atoms with Crippen molar-refractivity contribution in [2.24, 2.45) is 0 Å². The second-order valence-electron chi connectivity index (χ2n) is 3.66. The molecular weight excluding hydrogens is 266 g/mol. The second kappa shape index (κ2) is 6.86. The fourth-order valence-corrected chi connectivity index (χ4v) is 1.94. The third-order valence-electron chi connectivity index (χ3n) is 2.26. The molecule has 2 rings (SSSR count). The summed E-state index contributed by atoms with van der Waals surface area (Å²) in [6.07, 6.45) is 0. The summed E-state index contributed by atoms with van der Waals surface area (Å²) in [7, 11) is 0. The molecule has 0 amide bonds. The number of hydrogen-bond acceptors (Lipinski definition) is 6. The quantitative estimate of drug-likeness (QED) is 0.818. The summed E-state index contributed by atoms with van der Waals surface area (Å²) in [5.74, 6) is 0.0969. The van der Waals surface area contributed by atoms with Gasteiger partial charge in [-0.2, -0.15) is 0 Å². The van der Waals surface area contributed by atoms with Crippen LogP contribution in [0.15, 0.2) is 35.2 Å². The van der Waals surface area contributed by atoms with E-state index in [-0.39, 0.29) is 13.2 Å². The van der Waals surface area contributed by atoms with E-state index in [4.69, 9.17) is 14.6 Å². The van der Waals surface area contributed by atoms with Gasteiger partial charge in [-0.05, 0) is 18.2 Å². The topological polar surface area (TPSA) is 68.7 Å². The van der Waals surface area contributed by atoms with Crippen LogP contribution in [0.1, 0.15) is 16.1 Å². The van der Waals surface area contributed by atoms with E-state index in [9.17, 15) is 4.79 Å². The van der Waals surface area contributed by atoms with E-state index < -0.39 is 5.97 Å². The van der Waals surface area contributed by atoms with Gasteiger partial charge in [0.1, 0.15) is 19.0 Å². The molecular formula is C13H13NO4S. The number of aliphatic hydroxyl groups is 1. The third-order valence-corrected chi connectivity index (χ3v) is 2.90. The molecule has 1 heterocycles. The fourth-order valence-electron chi connectivity index (χ4n) is 1.40. The number of rotatable bonds is 6. The van der Waals surface area contributed by atoms with Gasteiger partial charge in [-0.1, -0.05) is 6.07 Å². The Morgan fingerprint density at radius 3 is 3.05 bits per heavy atom. The van der Waals surface area contributed by atoms with E-state index in [2.05, 4.69) is 4.98 Å². The number of hydrogen-bond donors (Lipinski definition) is 1. The molecule has 0 spiro atoms. The van der Waals surface area contributed by atoms with E-state index in [1.54, 1.807) is 29.8 Å². The van der Waals surface area contributed by atoms with Gasteiger partial charge in [-0.25, -0.2) is 9.78 Å². The number of carbonyl (C=O) groups is 1. The first-order valence-electron chi connectivity index (χ1n) is 5.67. The van der Waals surface area contributed by atoms with E-state index in [0.29, 0.717) is 17.9 Å². The van der Waals surface area contributed by atoms with Crippen molar-refractivity contribution in [3.8, 4) is 5.75 Å². The molecule has 0 bridgehead atoms. The number of carbonyl (C=O) groups excluding carboxylic acids is 1. The summed E-state index contributed by atoms with van der Waals surface area (Å²) in [6.45, 7) is 0.160. The largest absolute Gasteiger partial charge is 0.487 e. The maximum Gasteiger partial charge on any atom is 0.338 e. The van der Waals surface area contributed by atoms with Crippen molar-refractivity contribution in [3.05, 3.63) is 46.4 Å². The Morgan fingerprint density at radius 1 is 1.42 bits per heavy atom. The highest BCUT2D eigenvalue weighted by Gasteiger charge is 2.08. The highest BCUT2D eigenvalue weighted by Crippen LogP contribution is 2.16.